The van der Waals surface area contributed by atoms with Crippen molar-refractivity contribution in [3.05, 3.63) is 47.5 Å². The van der Waals surface area contributed by atoms with Gasteiger partial charge in [-0.1, -0.05) is 32.0 Å². The number of para-hydroxylation sites is 1. The number of amides is 1. The van der Waals surface area contributed by atoms with Gasteiger partial charge in [0.1, 0.15) is 12.4 Å². The predicted molar refractivity (Wildman–Crippen MR) is 102 cm³/mol. The number of anilines is 3. The third-order valence-corrected chi connectivity index (χ3v) is 4.54. The van der Waals surface area contributed by atoms with E-state index in [-0.39, 0.29) is 12.5 Å². The number of carbonyl (C=O) groups excluding carboxylic acids is 1. The van der Waals surface area contributed by atoms with Crippen molar-refractivity contribution >= 4 is 23.0 Å². The average molecular weight is 339 g/mol. The Morgan fingerprint density at radius 2 is 1.92 bits per heavy atom. The normalized spacial score (nSPS) is 13.1. The molecule has 1 aliphatic rings. The fourth-order valence-corrected chi connectivity index (χ4v) is 3.21. The van der Waals surface area contributed by atoms with E-state index in [4.69, 9.17) is 10.5 Å². The highest BCUT2D eigenvalue weighted by Crippen LogP contribution is 2.33. The van der Waals surface area contributed by atoms with E-state index in [2.05, 4.69) is 31.3 Å². The molecule has 0 saturated heterocycles. The Balaban J connectivity index is 1.78. The second-order valence-electron chi connectivity index (χ2n) is 6.20. The van der Waals surface area contributed by atoms with Gasteiger partial charge in [0.25, 0.3) is 0 Å². The van der Waals surface area contributed by atoms with E-state index in [1.54, 1.807) is 0 Å². The first kappa shape index (κ1) is 17.1. The van der Waals surface area contributed by atoms with Crippen LogP contribution >= 0.6 is 0 Å². The van der Waals surface area contributed by atoms with E-state index in [0.717, 1.165) is 30.0 Å². The molecule has 0 atom stereocenters. The molecule has 0 spiro atoms. The first-order valence-electron chi connectivity index (χ1n) is 8.80. The topological polar surface area (TPSA) is 67.6 Å². The molecule has 1 amide bonds. The SMILES string of the molecule is CCc1cccc(CC)c1NC(=O)CN1CCOc2ccc(N)cc21. The van der Waals surface area contributed by atoms with Crippen LogP contribution in [0.15, 0.2) is 36.4 Å². The minimum atomic E-state index is -0.0223. The van der Waals surface area contributed by atoms with Crippen molar-refractivity contribution in [2.75, 3.05) is 35.6 Å². The molecule has 2 aromatic carbocycles. The van der Waals surface area contributed by atoms with Crippen molar-refractivity contribution in [3.8, 4) is 5.75 Å². The molecule has 0 bridgehead atoms. The molecular formula is C20H25N3O2. The Labute approximate surface area is 148 Å². The summed E-state index contributed by atoms with van der Waals surface area (Å²) in [6.07, 6.45) is 1.78. The first-order valence-corrected chi connectivity index (χ1v) is 8.80. The van der Waals surface area contributed by atoms with Crippen LogP contribution in [0.2, 0.25) is 0 Å². The Hall–Kier alpha value is -2.69. The van der Waals surface area contributed by atoms with Crippen LogP contribution in [0.1, 0.15) is 25.0 Å². The summed E-state index contributed by atoms with van der Waals surface area (Å²) in [7, 11) is 0. The molecule has 0 saturated carbocycles. The zero-order valence-electron chi connectivity index (χ0n) is 14.8. The van der Waals surface area contributed by atoms with E-state index >= 15 is 0 Å². The molecule has 0 fully saturated rings. The number of benzene rings is 2. The van der Waals surface area contributed by atoms with Crippen molar-refractivity contribution in [3.63, 3.8) is 0 Å². The van der Waals surface area contributed by atoms with Crippen LogP contribution in [0.4, 0.5) is 17.1 Å². The first-order chi connectivity index (χ1) is 12.1. The van der Waals surface area contributed by atoms with E-state index in [1.165, 1.54) is 11.1 Å². The Bertz CT molecular complexity index is 751. The lowest BCUT2D eigenvalue weighted by Crippen LogP contribution is -2.39. The summed E-state index contributed by atoms with van der Waals surface area (Å²) in [5, 5.41) is 3.12. The van der Waals surface area contributed by atoms with E-state index in [0.29, 0.717) is 18.8 Å². The van der Waals surface area contributed by atoms with Crippen molar-refractivity contribution in [2.45, 2.75) is 26.7 Å². The highest BCUT2D eigenvalue weighted by atomic mass is 16.5. The maximum Gasteiger partial charge on any atom is 0.243 e. The number of nitrogens with one attached hydrogen (secondary N) is 1. The number of nitrogens with two attached hydrogens (primary N) is 1. The number of nitrogens with zero attached hydrogens (tertiary/aromatic N) is 1. The third kappa shape index (κ3) is 3.71. The highest BCUT2D eigenvalue weighted by molar-refractivity contribution is 5.96. The summed E-state index contributed by atoms with van der Waals surface area (Å²) >= 11 is 0. The molecule has 1 heterocycles. The molecular weight excluding hydrogens is 314 g/mol. The fraction of sp³-hybridized carbons (Fsp3) is 0.350. The van der Waals surface area contributed by atoms with E-state index in [1.807, 2.05) is 29.2 Å². The fourth-order valence-electron chi connectivity index (χ4n) is 3.21. The number of fused-ring (bicyclic) bond motifs is 1. The number of rotatable bonds is 5. The van der Waals surface area contributed by atoms with Gasteiger partial charge in [0.05, 0.1) is 18.8 Å². The molecule has 0 aliphatic carbocycles. The van der Waals surface area contributed by atoms with Gasteiger partial charge in [-0.05, 0) is 42.2 Å². The number of nitrogen functional groups attached to an aromatic ring is 1. The van der Waals surface area contributed by atoms with Crippen LogP contribution in [0.3, 0.4) is 0 Å². The van der Waals surface area contributed by atoms with Crippen LogP contribution in [0.5, 0.6) is 5.75 Å². The molecule has 3 N–H and O–H groups in total. The van der Waals surface area contributed by atoms with Gasteiger partial charge in [0.2, 0.25) is 5.91 Å². The number of carbonyl (C=O) groups is 1. The lowest BCUT2D eigenvalue weighted by molar-refractivity contribution is -0.115. The zero-order valence-corrected chi connectivity index (χ0v) is 14.8. The van der Waals surface area contributed by atoms with Gasteiger partial charge in [-0.2, -0.15) is 0 Å². The molecule has 0 unspecified atom stereocenters. The number of ether oxygens (including phenoxy) is 1. The summed E-state index contributed by atoms with van der Waals surface area (Å²) in [6, 6.07) is 11.7. The van der Waals surface area contributed by atoms with Gasteiger partial charge in [-0.25, -0.2) is 0 Å². The molecule has 5 heteroatoms. The molecule has 0 radical (unpaired) electrons. The summed E-state index contributed by atoms with van der Waals surface area (Å²) in [5.74, 6) is 0.752. The summed E-state index contributed by atoms with van der Waals surface area (Å²) in [6.45, 7) is 5.72. The standard InChI is InChI=1S/C20H25N3O2/c1-3-14-6-5-7-15(4-2)20(14)22-19(24)13-23-10-11-25-18-9-8-16(21)12-17(18)23/h5-9,12H,3-4,10-11,13,21H2,1-2H3,(H,22,24). The lowest BCUT2D eigenvalue weighted by Gasteiger charge is -2.31. The van der Waals surface area contributed by atoms with Crippen molar-refractivity contribution < 1.29 is 9.53 Å². The molecule has 3 rings (SSSR count). The van der Waals surface area contributed by atoms with Crippen molar-refractivity contribution in [1.82, 2.24) is 0 Å². The maximum atomic E-state index is 12.7. The largest absolute Gasteiger partial charge is 0.490 e. The van der Waals surface area contributed by atoms with Gasteiger partial charge in [-0.15, -0.1) is 0 Å². The van der Waals surface area contributed by atoms with E-state index < -0.39 is 0 Å². The van der Waals surface area contributed by atoms with Crippen LogP contribution in [-0.2, 0) is 17.6 Å². The Morgan fingerprint density at radius 3 is 2.60 bits per heavy atom. The van der Waals surface area contributed by atoms with Crippen LogP contribution in [0, 0.1) is 0 Å². The van der Waals surface area contributed by atoms with Gasteiger partial charge in [-0.3, -0.25) is 4.79 Å². The maximum absolute atomic E-state index is 12.7. The average Bonchev–Trinajstić information content (AvgIpc) is 2.62. The summed E-state index contributed by atoms with van der Waals surface area (Å²) in [5.41, 5.74) is 10.7. The molecule has 5 nitrogen and oxygen atoms in total. The summed E-state index contributed by atoms with van der Waals surface area (Å²) in [4.78, 5) is 14.7. The minimum absolute atomic E-state index is 0.0223. The monoisotopic (exact) mass is 339 g/mol. The molecule has 132 valence electrons. The zero-order chi connectivity index (χ0) is 17.8. The van der Waals surface area contributed by atoms with Crippen molar-refractivity contribution in [1.29, 1.82) is 0 Å². The van der Waals surface area contributed by atoms with Crippen LogP contribution in [-0.4, -0.2) is 25.6 Å². The van der Waals surface area contributed by atoms with Crippen molar-refractivity contribution in [2.24, 2.45) is 0 Å². The molecule has 0 aromatic heterocycles. The van der Waals surface area contributed by atoms with Gasteiger partial charge in [0.15, 0.2) is 0 Å². The summed E-state index contributed by atoms with van der Waals surface area (Å²) < 4.78 is 5.65. The third-order valence-electron chi connectivity index (χ3n) is 4.54. The van der Waals surface area contributed by atoms with Crippen LogP contribution < -0.4 is 20.7 Å². The Kier molecular flexibility index (Phi) is 5.12. The second-order valence-corrected chi connectivity index (χ2v) is 6.20. The van der Waals surface area contributed by atoms with Crippen LogP contribution in [0.25, 0.3) is 0 Å². The number of hydrogen-bond acceptors (Lipinski definition) is 4. The van der Waals surface area contributed by atoms with E-state index in [9.17, 15) is 4.79 Å². The molecule has 1 aliphatic heterocycles. The quantitative estimate of drug-likeness (QED) is 0.821. The second kappa shape index (κ2) is 7.47. The molecule has 2 aromatic rings. The van der Waals surface area contributed by atoms with Gasteiger partial charge < -0.3 is 20.7 Å². The predicted octanol–water partition coefficient (Wildman–Crippen LogP) is 3.23. The van der Waals surface area contributed by atoms with Gasteiger partial charge >= 0.3 is 0 Å². The smallest absolute Gasteiger partial charge is 0.243 e. The highest BCUT2D eigenvalue weighted by Gasteiger charge is 2.21. The molecule has 25 heavy (non-hydrogen) atoms. The Morgan fingerprint density at radius 1 is 1.20 bits per heavy atom. The number of aryl methyl sites for hydroxylation is 2. The minimum Gasteiger partial charge on any atom is -0.490 e. The number of hydrogen-bond donors (Lipinski definition) is 2. The van der Waals surface area contributed by atoms with Gasteiger partial charge in [0, 0.05) is 11.4 Å². The lowest BCUT2D eigenvalue weighted by atomic mass is 10.0.